The third kappa shape index (κ3) is 7.78. The minimum atomic E-state index is -0.950. The minimum Gasteiger partial charge on any atom is -0.488 e. The van der Waals surface area contributed by atoms with Crippen molar-refractivity contribution < 1.29 is 23.9 Å². The summed E-state index contributed by atoms with van der Waals surface area (Å²) >= 11 is 0. The lowest BCUT2D eigenvalue weighted by molar-refractivity contribution is -0.136. The first-order chi connectivity index (χ1) is 28.7. The van der Waals surface area contributed by atoms with E-state index in [-0.39, 0.29) is 30.4 Å². The number of fused-ring (bicyclic) bond motifs is 2. The van der Waals surface area contributed by atoms with E-state index in [4.69, 9.17) is 9.72 Å². The first kappa shape index (κ1) is 38.2. The Morgan fingerprint density at radius 1 is 0.746 bits per heavy atom. The van der Waals surface area contributed by atoms with E-state index in [0.717, 1.165) is 111 Å². The van der Waals surface area contributed by atoms with Gasteiger partial charge in [-0.05, 0) is 118 Å². The Bertz CT molecular complexity index is 2130. The van der Waals surface area contributed by atoms with Gasteiger partial charge >= 0.3 is 0 Å². The molecule has 4 amide bonds. The zero-order valence-corrected chi connectivity index (χ0v) is 34.0. The summed E-state index contributed by atoms with van der Waals surface area (Å²) < 4.78 is 6.28. The number of imide groups is 2. The number of rotatable bonds is 10. The standard InChI is InChI=1S/C45H55N9O5/c1-45(13-14-45)59-33-7-9-37-36(26-33)41(49-48-37)31-12-15-46-39(24-31)53-22-18-51(19-23-53)28-30-4-2-29(3-5-30)27-50-16-20-52(21-17-50)32-6-8-34-35(25-32)44(58)54(43(34)57)38-10-11-40(55)47-42(38)56/h6-9,12,15,24-26,29-30,38,41,48-49H,2-5,10-11,13-14,16-23,27-28H2,1H3,(H,47,55,56). The number of hydrazine groups is 1. The van der Waals surface area contributed by atoms with E-state index in [1.54, 1.807) is 12.1 Å². The second-order valence-corrected chi connectivity index (χ2v) is 18.1. The van der Waals surface area contributed by atoms with Gasteiger partial charge < -0.3 is 20.0 Å². The predicted octanol–water partition coefficient (Wildman–Crippen LogP) is 4.18. The maximum absolute atomic E-state index is 13.4. The molecule has 2 aromatic carbocycles. The molecule has 3 N–H and O–H groups in total. The number of pyridine rings is 1. The van der Waals surface area contributed by atoms with Crippen LogP contribution in [0.2, 0.25) is 0 Å². The van der Waals surface area contributed by atoms with Gasteiger partial charge in [0.05, 0.1) is 22.9 Å². The number of benzene rings is 2. The molecule has 0 radical (unpaired) electrons. The fourth-order valence-electron chi connectivity index (χ4n) is 10.1. The van der Waals surface area contributed by atoms with Gasteiger partial charge in [0.1, 0.15) is 23.2 Å². The molecule has 0 spiro atoms. The number of carbonyl (C=O) groups is 4. The largest absolute Gasteiger partial charge is 0.488 e. The molecule has 2 unspecified atom stereocenters. The highest BCUT2D eigenvalue weighted by Gasteiger charge is 2.45. The van der Waals surface area contributed by atoms with Gasteiger partial charge in [-0.25, -0.2) is 10.4 Å². The summed E-state index contributed by atoms with van der Waals surface area (Å²) in [5.41, 5.74) is 11.9. The number of piperazine rings is 2. The Kier molecular flexibility index (Phi) is 10.0. The lowest BCUT2D eigenvalue weighted by atomic mass is 9.81. The average Bonchev–Trinajstić information content (AvgIpc) is 3.73. The van der Waals surface area contributed by atoms with E-state index in [0.29, 0.717) is 11.1 Å². The molecule has 7 aliphatic rings. The highest BCUT2D eigenvalue weighted by Crippen LogP contribution is 2.42. The van der Waals surface area contributed by atoms with Crippen LogP contribution in [0, 0.1) is 11.8 Å². The van der Waals surface area contributed by atoms with Gasteiger partial charge in [0.25, 0.3) is 11.8 Å². The number of ether oxygens (including phenoxy) is 1. The number of anilines is 3. The molecule has 14 nitrogen and oxygen atoms in total. The van der Waals surface area contributed by atoms with Crippen molar-refractivity contribution in [3.8, 4) is 5.75 Å². The average molecular weight is 802 g/mol. The van der Waals surface area contributed by atoms with Crippen LogP contribution in [0.25, 0.3) is 0 Å². The Labute approximate surface area is 345 Å². The third-order valence-corrected chi connectivity index (χ3v) is 14.0. The summed E-state index contributed by atoms with van der Waals surface area (Å²) in [6, 6.07) is 15.2. The fourth-order valence-corrected chi connectivity index (χ4v) is 10.1. The smallest absolute Gasteiger partial charge is 0.262 e. The summed E-state index contributed by atoms with van der Waals surface area (Å²) in [5.74, 6) is 1.59. The molecule has 5 fully saturated rings. The lowest BCUT2D eigenvalue weighted by Crippen LogP contribution is -2.54. The highest BCUT2D eigenvalue weighted by atomic mass is 16.5. The van der Waals surface area contributed by atoms with E-state index in [9.17, 15) is 19.2 Å². The quantitative estimate of drug-likeness (QED) is 0.253. The molecule has 6 heterocycles. The molecule has 5 aliphatic heterocycles. The number of piperidine rings is 1. The van der Waals surface area contributed by atoms with E-state index in [2.05, 4.69) is 73.0 Å². The molecular formula is C45H55N9O5. The van der Waals surface area contributed by atoms with E-state index in [1.165, 1.54) is 43.4 Å². The Morgan fingerprint density at radius 2 is 1.42 bits per heavy atom. The molecule has 3 saturated heterocycles. The van der Waals surface area contributed by atoms with Crippen LogP contribution in [0.4, 0.5) is 17.2 Å². The number of amides is 4. The molecule has 1 aromatic heterocycles. The summed E-state index contributed by atoms with van der Waals surface area (Å²) in [6.07, 6.45) is 9.60. The van der Waals surface area contributed by atoms with Crippen molar-refractivity contribution >= 4 is 40.8 Å². The van der Waals surface area contributed by atoms with Crippen molar-refractivity contribution in [2.75, 3.05) is 80.7 Å². The molecule has 59 heavy (non-hydrogen) atoms. The summed E-state index contributed by atoms with van der Waals surface area (Å²) in [6.45, 7) is 12.2. The van der Waals surface area contributed by atoms with Crippen LogP contribution < -0.4 is 30.7 Å². The summed E-state index contributed by atoms with van der Waals surface area (Å²) in [7, 11) is 0. The Hall–Kier alpha value is -5.05. The van der Waals surface area contributed by atoms with Crippen molar-refractivity contribution in [3.63, 3.8) is 0 Å². The normalized spacial score (nSPS) is 27.0. The SMILES string of the molecule is CC1(Oc2ccc3c(c2)C(c2ccnc(N4CCN(CC5CCC(CN6CCN(c7ccc8c(c7)C(=O)N(C7CCC(=O)NC7=O)C8=O)CC6)CC5)CC4)c2)NN3)CC1. The number of nitrogens with zero attached hydrogens (tertiary/aromatic N) is 6. The Morgan fingerprint density at radius 3 is 2.10 bits per heavy atom. The topological polar surface area (TPSA) is 143 Å². The van der Waals surface area contributed by atoms with Crippen LogP contribution in [-0.4, -0.2) is 120 Å². The maximum atomic E-state index is 13.4. The van der Waals surface area contributed by atoms with Gasteiger partial charge in [-0.1, -0.05) is 0 Å². The van der Waals surface area contributed by atoms with Crippen LogP contribution in [-0.2, 0) is 9.59 Å². The van der Waals surface area contributed by atoms with Gasteiger partial charge in [-0.2, -0.15) is 0 Å². The first-order valence-corrected chi connectivity index (χ1v) is 21.8. The molecule has 10 rings (SSSR count). The van der Waals surface area contributed by atoms with E-state index in [1.807, 2.05) is 12.3 Å². The van der Waals surface area contributed by atoms with Crippen molar-refractivity contribution in [1.82, 2.24) is 30.4 Å². The van der Waals surface area contributed by atoms with Crippen LogP contribution in [0.3, 0.4) is 0 Å². The van der Waals surface area contributed by atoms with Crippen molar-refractivity contribution in [1.29, 1.82) is 0 Å². The fraction of sp³-hybridized carbons (Fsp3) is 0.533. The zero-order valence-electron chi connectivity index (χ0n) is 34.0. The third-order valence-electron chi connectivity index (χ3n) is 14.0. The van der Waals surface area contributed by atoms with Crippen molar-refractivity contribution in [2.45, 2.75) is 76.0 Å². The predicted molar refractivity (Wildman–Crippen MR) is 223 cm³/mol. The van der Waals surface area contributed by atoms with Gasteiger partial charge in [0, 0.05) is 89.3 Å². The van der Waals surface area contributed by atoms with Crippen molar-refractivity contribution in [3.05, 3.63) is 77.0 Å². The minimum absolute atomic E-state index is 0.00747. The molecular weight excluding hydrogens is 747 g/mol. The zero-order chi connectivity index (χ0) is 40.3. The second kappa shape index (κ2) is 15.5. The van der Waals surface area contributed by atoms with Gasteiger partial charge in [0.2, 0.25) is 11.8 Å². The molecule has 0 bridgehead atoms. The van der Waals surface area contributed by atoms with E-state index >= 15 is 0 Å². The number of carbonyl (C=O) groups excluding carboxylic acids is 4. The van der Waals surface area contributed by atoms with E-state index < -0.39 is 23.8 Å². The number of hydrogen-bond acceptors (Lipinski definition) is 12. The molecule has 14 heteroatoms. The van der Waals surface area contributed by atoms with Gasteiger partial charge in [-0.3, -0.25) is 39.2 Å². The summed E-state index contributed by atoms with van der Waals surface area (Å²) in [5, 5.41) is 2.26. The molecule has 2 saturated carbocycles. The number of hydrogen-bond donors (Lipinski definition) is 3. The van der Waals surface area contributed by atoms with Gasteiger partial charge in [0.15, 0.2) is 0 Å². The van der Waals surface area contributed by atoms with Crippen LogP contribution in [0.5, 0.6) is 5.75 Å². The lowest BCUT2D eigenvalue weighted by Gasteiger charge is -2.40. The Balaban J connectivity index is 0.659. The summed E-state index contributed by atoms with van der Waals surface area (Å²) in [4.78, 5) is 66.4. The molecule has 2 atom stereocenters. The van der Waals surface area contributed by atoms with Gasteiger partial charge in [-0.15, -0.1) is 0 Å². The monoisotopic (exact) mass is 801 g/mol. The van der Waals surface area contributed by atoms with Crippen molar-refractivity contribution in [2.24, 2.45) is 11.8 Å². The van der Waals surface area contributed by atoms with Crippen LogP contribution >= 0.6 is 0 Å². The van der Waals surface area contributed by atoms with Crippen LogP contribution in [0.15, 0.2) is 54.7 Å². The highest BCUT2D eigenvalue weighted by molar-refractivity contribution is 6.23. The van der Waals surface area contributed by atoms with Crippen LogP contribution in [0.1, 0.15) is 96.2 Å². The molecule has 310 valence electrons. The number of aromatic nitrogens is 1. The second-order valence-electron chi connectivity index (χ2n) is 18.1. The maximum Gasteiger partial charge on any atom is 0.262 e. The molecule has 2 aliphatic carbocycles. The molecule has 3 aromatic rings. The number of nitrogens with one attached hydrogen (secondary N) is 3. The first-order valence-electron chi connectivity index (χ1n) is 21.8.